The number of nitrogens with zero attached hydrogens (tertiary/aromatic N) is 2. The third kappa shape index (κ3) is 3.68. The molecule has 3 N–H and O–H groups in total. The van der Waals surface area contributed by atoms with Gasteiger partial charge in [0.25, 0.3) is 5.56 Å². The van der Waals surface area contributed by atoms with Crippen LogP contribution < -0.4 is 16.6 Å². The van der Waals surface area contributed by atoms with Crippen molar-refractivity contribution in [2.24, 2.45) is 0 Å². The van der Waals surface area contributed by atoms with Gasteiger partial charge < -0.3 is 11.1 Å². The number of nitrogen functional groups attached to an aromatic ring is 1. The number of aryl methyl sites for hydroxylation is 2. The van der Waals surface area contributed by atoms with E-state index < -0.39 is 0 Å². The van der Waals surface area contributed by atoms with Gasteiger partial charge in [0.2, 0.25) is 11.9 Å². The van der Waals surface area contributed by atoms with Crippen molar-refractivity contribution < 1.29 is 4.79 Å². The van der Waals surface area contributed by atoms with E-state index in [-0.39, 0.29) is 24.0 Å². The molecule has 1 amide bonds. The summed E-state index contributed by atoms with van der Waals surface area (Å²) in [5, 5.41) is 2.73. The number of rotatable bonds is 4. The number of benzene rings is 1. The molecule has 110 valence electrons. The number of hydrogen-bond donors (Lipinski definition) is 2. The van der Waals surface area contributed by atoms with Crippen LogP contribution in [0.25, 0.3) is 0 Å². The smallest absolute Gasteiger partial charge is 0.255 e. The molecule has 0 radical (unpaired) electrons. The average Bonchev–Trinajstić information content (AvgIpc) is 2.42. The van der Waals surface area contributed by atoms with Gasteiger partial charge in [0.15, 0.2) is 0 Å². The lowest BCUT2D eigenvalue weighted by atomic mass is 10.2. The van der Waals surface area contributed by atoms with Gasteiger partial charge in [-0.15, -0.1) is 0 Å². The van der Waals surface area contributed by atoms with Gasteiger partial charge >= 0.3 is 0 Å². The molecule has 0 aliphatic heterocycles. The molecule has 0 atom stereocenters. The highest BCUT2D eigenvalue weighted by molar-refractivity contribution is 5.90. The van der Waals surface area contributed by atoms with Crippen LogP contribution in [0.5, 0.6) is 0 Å². The van der Waals surface area contributed by atoms with Crippen molar-refractivity contribution in [1.82, 2.24) is 9.55 Å². The van der Waals surface area contributed by atoms with Gasteiger partial charge in [0.05, 0.1) is 0 Å². The Kier molecular flexibility index (Phi) is 4.37. The zero-order valence-corrected chi connectivity index (χ0v) is 12.1. The summed E-state index contributed by atoms with van der Waals surface area (Å²) in [5.74, 6) is -0.265. The van der Waals surface area contributed by atoms with E-state index in [1.165, 1.54) is 6.07 Å². The Hall–Kier alpha value is -2.63. The van der Waals surface area contributed by atoms with Gasteiger partial charge in [-0.25, -0.2) is 4.98 Å². The van der Waals surface area contributed by atoms with E-state index in [0.717, 1.165) is 10.1 Å². The van der Waals surface area contributed by atoms with Crippen molar-refractivity contribution in [2.75, 3.05) is 11.1 Å². The predicted molar refractivity (Wildman–Crippen MR) is 82.1 cm³/mol. The van der Waals surface area contributed by atoms with E-state index in [0.29, 0.717) is 17.8 Å². The number of nitrogens with one attached hydrogen (secondary N) is 1. The molecule has 0 spiro atoms. The first kappa shape index (κ1) is 14.8. The quantitative estimate of drug-likeness (QED) is 0.887. The second kappa shape index (κ2) is 6.21. The van der Waals surface area contributed by atoms with E-state index in [1.807, 2.05) is 32.0 Å². The van der Waals surface area contributed by atoms with Crippen LogP contribution in [0.4, 0.5) is 11.6 Å². The van der Waals surface area contributed by atoms with Crippen molar-refractivity contribution in [3.63, 3.8) is 0 Å². The summed E-state index contributed by atoms with van der Waals surface area (Å²) >= 11 is 0. The molecule has 2 rings (SSSR count). The molecule has 0 bridgehead atoms. The van der Waals surface area contributed by atoms with E-state index in [2.05, 4.69) is 10.3 Å². The molecule has 1 heterocycles. The average molecular weight is 286 g/mol. The van der Waals surface area contributed by atoms with Gasteiger partial charge in [0.1, 0.15) is 6.54 Å². The fraction of sp³-hybridized carbons (Fsp3) is 0.267. The Bertz CT molecular complexity index is 722. The first-order valence-electron chi connectivity index (χ1n) is 6.72. The largest absolute Gasteiger partial charge is 0.369 e. The molecule has 1 aromatic heterocycles. The number of nitrogens with two attached hydrogens (primary N) is 1. The summed E-state index contributed by atoms with van der Waals surface area (Å²) < 4.78 is 1.16. The van der Waals surface area contributed by atoms with Crippen molar-refractivity contribution in [1.29, 1.82) is 0 Å². The molecule has 0 fully saturated rings. The zero-order valence-electron chi connectivity index (χ0n) is 12.1. The summed E-state index contributed by atoms with van der Waals surface area (Å²) in [4.78, 5) is 28.0. The van der Waals surface area contributed by atoms with Gasteiger partial charge in [-0.1, -0.05) is 19.1 Å². The lowest BCUT2D eigenvalue weighted by molar-refractivity contribution is -0.116. The first-order chi connectivity index (χ1) is 9.99. The first-order valence-corrected chi connectivity index (χ1v) is 6.72. The number of aromatic nitrogens is 2. The minimum Gasteiger partial charge on any atom is -0.369 e. The fourth-order valence-electron chi connectivity index (χ4n) is 1.98. The molecule has 0 aliphatic rings. The third-order valence-electron chi connectivity index (χ3n) is 3.06. The minimum absolute atomic E-state index is 0.0544. The van der Waals surface area contributed by atoms with Crippen molar-refractivity contribution in [3.8, 4) is 0 Å². The summed E-state index contributed by atoms with van der Waals surface area (Å²) in [7, 11) is 0. The van der Waals surface area contributed by atoms with Gasteiger partial charge in [-0.05, 0) is 31.0 Å². The van der Waals surface area contributed by atoms with Crippen LogP contribution in [0.3, 0.4) is 0 Å². The predicted octanol–water partition coefficient (Wildman–Crippen LogP) is 1.34. The van der Waals surface area contributed by atoms with Crippen LogP contribution >= 0.6 is 0 Å². The van der Waals surface area contributed by atoms with Crippen molar-refractivity contribution in [2.45, 2.75) is 26.8 Å². The maximum absolute atomic E-state index is 12.0. The van der Waals surface area contributed by atoms with Crippen LogP contribution in [-0.4, -0.2) is 15.5 Å². The molecule has 2 aromatic rings. The van der Waals surface area contributed by atoms with E-state index in [1.54, 1.807) is 6.07 Å². The van der Waals surface area contributed by atoms with Crippen LogP contribution in [0.15, 0.2) is 35.1 Å². The lowest BCUT2D eigenvalue weighted by Gasteiger charge is -2.10. The zero-order chi connectivity index (χ0) is 15.4. The van der Waals surface area contributed by atoms with Gasteiger partial charge in [0, 0.05) is 17.4 Å². The summed E-state index contributed by atoms with van der Waals surface area (Å²) in [6, 6.07) is 8.82. The molecule has 0 saturated carbocycles. The summed E-state index contributed by atoms with van der Waals surface area (Å²) in [6.07, 6.45) is 0.621. The van der Waals surface area contributed by atoms with E-state index in [9.17, 15) is 9.59 Å². The fourth-order valence-corrected chi connectivity index (χ4v) is 1.98. The molecule has 0 saturated heterocycles. The third-order valence-corrected chi connectivity index (χ3v) is 3.06. The Labute approximate surface area is 122 Å². The second-order valence-corrected chi connectivity index (χ2v) is 4.80. The highest BCUT2D eigenvalue weighted by Crippen LogP contribution is 2.09. The molecule has 6 heteroatoms. The molecule has 0 aliphatic carbocycles. The molecule has 6 nitrogen and oxygen atoms in total. The maximum Gasteiger partial charge on any atom is 0.255 e. The molecular weight excluding hydrogens is 268 g/mol. The maximum atomic E-state index is 12.0. The van der Waals surface area contributed by atoms with Gasteiger partial charge in [-0.3, -0.25) is 14.2 Å². The topological polar surface area (TPSA) is 90.0 Å². The van der Waals surface area contributed by atoms with E-state index >= 15 is 0 Å². The van der Waals surface area contributed by atoms with Crippen LogP contribution in [0.1, 0.15) is 18.2 Å². The molecule has 21 heavy (non-hydrogen) atoms. The van der Waals surface area contributed by atoms with Crippen molar-refractivity contribution >= 4 is 17.5 Å². The number of anilines is 2. The van der Waals surface area contributed by atoms with Crippen LogP contribution in [0, 0.1) is 6.92 Å². The van der Waals surface area contributed by atoms with Crippen LogP contribution in [-0.2, 0) is 17.8 Å². The number of carbonyl (C=O) groups excluding carboxylic acids is 1. The van der Waals surface area contributed by atoms with Gasteiger partial charge in [-0.2, -0.15) is 0 Å². The van der Waals surface area contributed by atoms with Crippen LogP contribution in [0.2, 0.25) is 0 Å². The summed E-state index contributed by atoms with van der Waals surface area (Å²) in [5.41, 5.74) is 7.76. The Morgan fingerprint density at radius 2 is 2.14 bits per heavy atom. The van der Waals surface area contributed by atoms with Crippen molar-refractivity contribution in [3.05, 3.63) is 51.9 Å². The highest BCUT2D eigenvalue weighted by atomic mass is 16.2. The lowest BCUT2D eigenvalue weighted by Crippen LogP contribution is -2.30. The highest BCUT2D eigenvalue weighted by Gasteiger charge is 2.10. The SMILES string of the molecule is CCc1cc(=O)n(CC(=O)Nc2cccc(C)c2)c(N)n1. The monoisotopic (exact) mass is 286 g/mol. The normalized spacial score (nSPS) is 10.4. The summed E-state index contributed by atoms with van der Waals surface area (Å²) in [6.45, 7) is 3.66. The molecule has 0 unspecified atom stereocenters. The van der Waals surface area contributed by atoms with E-state index in [4.69, 9.17) is 5.73 Å². The standard InChI is InChI=1S/C15H18N4O2/c1-3-11-8-14(21)19(15(16)18-11)9-13(20)17-12-6-4-5-10(2)7-12/h4-8H,3,9H2,1-2H3,(H2,16,18)(H,17,20). The second-order valence-electron chi connectivity index (χ2n) is 4.80. The minimum atomic E-state index is -0.321. The number of hydrogen-bond acceptors (Lipinski definition) is 4. The number of amides is 1. The Morgan fingerprint density at radius 3 is 2.76 bits per heavy atom. The Balaban J connectivity index is 2.15. The molecular formula is C15H18N4O2. The number of carbonyl (C=O) groups is 1. The molecule has 1 aromatic carbocycles. The Morgan fingerprint density at radius 1 is 1.38 bits per heavy atom.